The van der Waals surface area contributed by atoms with E-state index >= 15 is 0 Å². The number of nitrogens with two attached hydrogens (primary N) is 2. The van der Waals surface area contributed by atoms with E-state index in [0.717, 1.165) is 24.9 Å². The highest BCUT2D eigenvalue weighted by molar-refractivity contribution is 7.89. The molecule has 1 aliphatic rings. The van der Waals surface area contributed by atoms with Gasteiger partial charge in [-0.05, 0) is 37.5 Å². The Hall–Kier alpha value is -1.53. The molecular formula is C12H17N3O2S. The van der Waals surface area contributed by atoms with Crippen LogP contribution in [0, 0.1) is 0 Å². The molecule has 1 aromatic carbocycles. The Morgan fingerprint density at radius 1 is 1.28 bits per heavy atom. The Kier molecular flexibility index (Phi) is 3.58. The molecular weight excluding hydrogens is 250 g/mol. The fourth-order valence-electron chi connectivity index (χ4n) is 1.99. The Morgan fingerprint density at radius 3 is 2.61 bits per heavy atom. The average molecular weight is 267 g/mol. The maximum atomic E-state index is 11.2. The van der Waals surface area contributed by atoms with Crippen LogP contribution < -0.4 is 16.2 Å². The molecule has 0 fully saturated rings. The van der Waals surface area contributed by atoms with Crippen molar-refractivity contribution in [2.24, 2.45) is 5.14 Å². The maximum Gasteiger partial charge on any atom is 0.238 e. The average Bonchev–Trinajstić information content (AvgIpc) is 2.32. The fourth-order valence-corrected chi connectivity index (χ4v) is 2.54. The minimum atomic E-state index is -3.69. The zero-order valence-electron chi connectivity index (χ0n) is 9.96. The molecule has 18 heavy (non-hydrogen) atoms. The molecule has 0 saturated heterocycles. The molecule has 98 valence electrons. The van der Waals surface area contributed by atoms with Crippen LogP contribution in [-0.2, 0) is 10.0 Å². The summed E-state index contributed by atoms with van der Waals surface area (Å²) in [4.78, 5) is 0.0362. The number of allylic oxidation sites excluding steroid dienone is 1. The van der Waals surface area contributed by atoms with E-state index in [-0.39, 0.29) is 4.90 Å². The van der Waals surface area contributed by atoms with Crippen molar-refractivity contribution in [2.45, 2.75) is 30.2 Å². The van der Waals surface area contributed by atoms with Gasteiger partial charge in [0.15, 0.2) is 0 Å². The van der Waals surface area contributed by atoms with E-state index in [1.807, 2.05) is 0 Å². The summed E-state index contributed by atoms with van der Waals surface area (Å²) in [5.74, 6) is 0. The molecule has 0 aliphatic heterocycles. The van der Waals surface area contributed by atoms with Gasteiger partial charge in [-0.1, -0.05) is 12.2 Å². The van der Waals surface area contributed by atoms with E-state index in [1.165, 1.54) is 12.1 Å². The van der Waals surface area contributed by atoms with Crippen LogP contribution in [0.4, 0.5) is 11.4 Å². The molecule has 1 aromatic rings. The Balaban J connectivity index is 2.17. The van der Waals surface area contributed by atoms with E-state index in [4.69, 9.17) is 10.9 Å². The summed E-state index contributed by atoms with van der Waals surface area (Å²) in [7, 11) is -3.69. The number of anilines is 2. The molecule has 0 bridgehead atoms. The quantitative estimate of drug-likeness (QED) is 0.570. The third kappa shape index (κ3) is 3.02. The summed E-state index contributed by atoms with van der Waals surface area (Å²) in [6.07, 6.45) is 7.35. The molecule has 0 radical (unpaired) electrons. The number of primary sulfonamides is 1. The molecule has 2 rings (SSSR count). The van der Waals surface area contributed by atoms with Crippen LogP contribution in [0.1, 0.15) is 19.3 Å². The van der Waals surface area contributed by atoms with Gasteiger partial charge in [0.2, 0.25) is 10.0 Å². The highest BCUT2D eigenvalue weighted by atomic mass is 32.2. The first-order valence-corrected chi connectivity index (χ1v) is 7.35. The first kappa shape index (κ1) is 12.9. The molecule has 5 nitrogen and oxygen atoms in total. The standard InChI is InChI=1S/C12H17N3O2S/c13-11-8-10(18(14,16)17)6-7-12(11)15-9-4-2-1-3-5-9/h1-2,6-9,15H,3-5,13H2,(H2,14,16,17). The van der Waals surface area contributed by atoms with Gasteiger partial charge in [0.1, 0.15) is 0 Å². The van der Waals surface area contributed by atoms with E-state index in [0.29, 0.717) is 11.7 Å². The molecule has 1 atom stereocenters. The van der Waals surface area contributed by atoms with Gasteiger partial charge in [-0.25, -0.2) is 13.6 Å². The van der Waals surface area contributed by atoms with Crippen LogP contribution in [0.15, 0.2) is 35.2 Å². The molecule has 0 saturated carbocycles. The van der Waals surface area contributed by atoms with Gasteiger partial charge < -0.3 is 11.1 Å². The number of rotatable bonds is 3. The predicted molar refractivity (Wildman–Crippen MR) is 72.6 cm³/mol. The summed E-state index contributed by atoms with van der Waals surface area (Å²) >= 11 is 0. The van der Waals surface area contributed by atoms with Crippen LogP contribution in [0.5, 0.6) is 0 Å². The summed E-state index contributed by atoms with van der Waals surface area (Å²) in [5.41, 5.74) is 6.99. The Labute approximate surface area is 107 Å². The molecule has 0 amide bonds. The zero-order valence-corrected chi connectivity index (χ0v) is 10.8. The van der Waals surface area contributed by atoms with Gasteiger partial charge in [0.05, 0.1) is 16.3 Å². The second kappa shape index (κ2) is 4.99. The normalized spacial score (nSPS) is 19.7. The van der Waals surface area contributed by atoms with Gasteiger partial charge >= 0.3 is 0 Å². The number of nitrogen functional groups attached to an aromatic ring is 1. The third-order valence-corrected chi connectivity index (χ3v) is 3.89. The van der Waals surface area contributed by atoms with Crippen LogP contribution in [0.3, 0.4) is 0 Å². The lowest BCUT2D eigenvalue weighted by atomic mass is 10.0. The largest absolute Gasteiger partial charge is 0.397 e. The predicted octanol–water partition coefficient (Wildman–Crippen LogP) is 1.44. The monoisotopic (exact) mass is 267 g/mol. The van der Waals surface area contributed by atoms with Crippen LogP contribution in [0.2, 0.25) is 0 Å². The molecule has 1 unspecified atom stereocenters. The van der Waals surface area contributed by atoms with E-state index in [9.17, 15) is 8.42 Å². The van der Waals surface area contributed by atoms with Crippen LogP contribution in [-0.4, -0.2) is 14.5 Å². The van der Waals surface area contributed by atoms with E-state index in [1.54, 1.807) is 6.07 Å². The minimum Gasteiger partial charge on any atom is -0.397 e. The summed E-state index contributed by atoms with van der Waals surface area (Å²) in [6, 6.07) is 4.86. The van der Waals surface area contributed by atoms with Crippen molar-refractivity contribution >= 4 is 21.4 Å². The number of benzene rings is 1. The number of sulfonamides is 1. The number of hydrogen-bond acceptors (Lipinski definition) is 4. The number of hydrogen-bond donors (Lipinski definition) is 3. The number of nitrogens with one attached hydrogen (secondary N) is 1. The Bertz CT molecular complexity index is 567. The van der Waals surface area contributed by atoms with Gasteiger partial charge in [-0.2, -0.15) is 0 Å². The zero-order chi connectivity index (χ0) is 13.2. The third-order valence-electron chi connectivity index (χ3n) is 2.98. The van der Waals surface area contributed by atoms with Gasteiger partial charge in [0, 0.05) is 6.04 Å². The highest BCUT2D eigenvalue weighted by Gasteiger charge is 2.13. The second-order valence-corrected chi connectivity index (χ2v) is 5.98. The van der Waals surface area contributed by atoms with E-state index < -0.39 is 10.0 Å². The smallest absolute Gasteiger partial charge is 0.238 e. The first-order valence-electron chi connectivity index (χ1n) is 5.80. The van der Waals surface area contributed by atoms with Gasteiger partial charge in [-0.3, -0.25) is 0 Å². The van der Waals surface area contributed by atoms with Crippen LogP contribution >= 0.6 is 0 Å². The minimum absolute atomic E-state index is 0.0362. The van der Waals surface area contributed by atoms with Gasteiger partial charge in [0.25, 0.3) is 0 Å². The Morgan fingerprint density at radius 2 is 2.06 bits per heavy atom. The highest BCUT2D eigenvalue weighted by Crippen LogP contribution is 2.25. The summed E-state index contributed by atoms with van der Waals surface area (Å²) in [6.45, 7) is 0. The first-order chi connectivity index (χ1) is 8.47. The molecule has 6 heteroatoms. The summed E-state index contributed by atoms with van der Waals surface area (Å²) < 4.78 is 22.4. The lowest BCUT2D eigenvalue weighted by molar-refractivity contribution is 0.598. The van der Waals surface area contributed by atoms with Crippen molar-refractivity contribution in [1.29, 1.82) is 0 Å². The van der Waals surface area contributed by atoms with Gasteiger partial charge in [-0.15, -0.1) is 0 Å². The second-order valence-electron chi connectivity index (χ2n) is 4.42. The SMILES string of the molecule is Nc1cc(S(N)(=O)=O)ccc1NC1CC=CCC1. The fraction of sp³-hybridized carbons (Fsp3) is 0.333. The van der Waals surface area contributed by atoms with Crippen LogP contribution in [0.25, 0.3) is 0 Å². The van der Waals surface area contributed by atoms with Crippen molar-refractivity contribution in [1.82, 2.24) is 0 Å². The van der Waals surface area contributed by atoms with Crippen molar-refractivity contribution in [2.75, 3.05) is 11.1 Å². The molecule has 0 heterocycles. The molecule has 5 N–H and O–H groups in total. The van der Waals surface area contributed by atoms with E-state index in [2.05, 4.69) is 17.5 Å². The maximum absolute atomic E-state index is 11.2. The van der Waals surface area contributed by atoms with Crippen molar-refractivity contribution in [3.8, 4) is 0 Å². The molecule has 0 aromatic heterocycles. The van der Waals surface area contributed by atoms with Crippen molar-refractivity contribution in [3.63, 3.8) is 0 Å². The van der Waals surface area contributed by atoms with Crippen molar-refractivity contribution in [3.05, 3.63) is 30.4 Å². The lowest BCUT2D eigenvalue weighted by Crippen LogP contribution is -2.21. The topological polar surface area (TPSA) is 98.2 Å². The molecule has 0 spiro atoms. The summed E-state index contributed by atoms with van der Waals surface area (Å²) in [5, 5.41) is 8.36. The lowest BCUT2D eigenvalue weighted by Gasteiger charge is -2.21. The van der Waals surface area contributed by atoms with Crippen molar-refractivity contribution < 1.29 is 8.42 Å². The molecule has 1 aliphatic carbocycles.